The Bertz CT molecular complexity index is 1250. The Morgan fingerprint density at radius 1 is 1.17 bits per heavy atom. The van der Waals surface area contributed by atoms with Crippen LogP contribution in [0.4, 0.5) is 0 Å². The summed E-state index contributed by atoms with van der Waals surface area (Å²) < 4.78 is 34.2. The largest absolute Gasteiger partial charge is 0.495 e. The monoisotopic (exact) mass is 519 g/mol. The van der Waals surface area contributed by atoms with Crippen molar-refractivity contribution in [1.29, 1.82) is 0 Å². The first kappa shape index (κ1) is 25.5. The number of fused-ring (bicyclic) bond motifs is 1. The zero-order valence-corrected chi connectivity index (χ0v) is 21.8. The lowest BCUT2D eigenvalue weighted by molar-refractivity contribution is -0.165. The molecule has 2 fully saturated rings. The van der Waals surface area contributed by atoms with E-state index in [-0.39, 0.29) is 59.5 Å². The van der Waals surface area contributed by atoms with E-state index in [4.69, 9.17) is 16.3 Å². The van der Waals surface area contributed by atoms with Crippen LogP contribution in [0.25, 0.3) is 0 Å². The Hall–Kier alpha value is -2.62. The third kappa shape index (κ3) is 4.30. The van der Waals surface area contributed by atoms with Gasteiger partial charge in [0.1, 0.15) is 16.7 Å². The Balaban J connectivity index is 1.92. The number of hydrogen-bond donors (Lipinski definition) is 1. The van der Waals surface area contributed by atoms with Crippen molar-refractivity contribution in [1.82, 2.24) is 15.1 Å². The van der Waals surface area contributed by atoms with Crippen LogP contribution >= 0.6 is 11.6 Å². The van der Waals surface area contributed by atoms with Gasteiger partial charge in [-0.05, 0) is 44.5 Å². The Labute approximate surface area is 211 Å². The predicted molar refractivity (Wildman–Crippen MR) is 133 cm³/mol. The van der Waals surface area contributed by atoms with Crippen LogP contribution in [0.15, 0.2) is 47.4 Å². The van der Waals surface area contributed by atoms with E-state index in [0.717, 1.165) is 11.1 Å². The summed E-state index contributed by atoms with van der Waals surface area (Å²) in [5, 5.41) is 3.35. The number of carbonyl (C=O) groups is 2. The molecule has 2 saturated heterocycles. The molecule has 0 saturated carbocycles. The number of carbonyl (C=O) groups excluding carboxylic acids is 2. The number of aryl methyl sites for hydroxylation is 1. The van der Waals surface area contributed by atoms with Gasteiger partial charge in [-0.3, -0.25) is 19.8 Å². The van der Waals surface area contributed by atoms with Crippen LogP contribution in [0.1, 0.15) is 31.4 Å². The summed E-state index contributed by atoms with van der Waals surface area (Å²) in [6, 6.07) is 10.7. The molecule has 2 aromatic carbocycles. The molecule has 2 aliphatic rings. The van der Waals surface area contributed by atoms with Crippen molar-refractivity contribution < 1.29 is 22.7 Å². The molecule has 188 valence electrons. The second kappa shape index (κ2) is 9.44. The number of methoxy groups -OCH3 is 1. The average molecular weight is 520 g/mol. The number of halogens is 1. The summed E-state index contributed by atoms with van der Waals surface area (Å²) in [7, 11) is -2.94. The molecule has 2 aromatic rings. The smallest absolute Gasteiger partial charge is 0.246 e. The molecule has 0 aliphatic carbocycles. The van der Waals surface area contributed by atoms with Crippen LogP contribution in [0, 0.1) is 6.92 Å². The maximum absolute atomic E-state index is 14.4. The summed E-state index contributed by atoms with van der Waals surface area (Å²) in [6.07, 6.45) is 0.281. The van der Waals surface area contributed by atoms with Crippen molar-refractivity contribution in [3.8, 4) is 5.75 Å². The Morgan fingerprint density at radius 3 is 2.49 bits per heavy atom. The van der Waals surface area contributed by atoms with Gasteiger partial charge in [-0.1, -0.05) is 41.4 Å². The summed E-state index contributed by atoms with van der Waals surface area (Å²) in [5.41, 5.74) is 1.90. The molecule has 2 heterocycles. The zero-order valence-electron chi connectivity index (χ0n) is 20.2. The summed E-state index contributed by atoms with van der Waals surface area (Å²) in [4.78, 5) is 27.9. The highest BCUT2D eigenvalue weighted by Gasteiger charge is 2.62. The van der Waals surface area contributed by atoms with Gasteiger partial charge in [0.15, 0.2) is 0 Å². The van der Waals surface area contributed by atoms with Gasteiger partial charge in [0.05, 0.1) is 13.7 Å². The van der Waals surface area contributed by atoms with Crippen LogP contribution in [0.3, 0.4) is 0 Å². The predicted octanol–water partition coefficient (Wildman–Crippen LogP) is 2.77. The molecular formula is C25H30ClN3O5S. The van der Waals surface area contributed by atoms with Crippen LogP contribution < -0.4 is 10.1 Å². The molecule has 0 radical (unpaired) electrons. The third-order valence-corrected chi connectivity index (χ3v) is 9.19. The number of nitrogens with zero attached hydrogens (tertiary/aromatic N) is 2. The second-order valence-electron chi connectivity index (χ2n) is 9.29. The van der Waals surface area contributed by atoms with Crippen LogP contribution in [0.2, 0.25) is 5.02 Å². The molecule has 4 rings (SSSR count). The van der Waals surface area contributed by atoms with Gasteiger partial charge in [-0.2, -0.15) is 0 Å². The van der Waals surface area contributed by atoms with Gasteiger partial charge >= 0.3 is 0 Å². The van der Waals surface area contributed by atoms with E-state index in [1.54, 1.807) is 6.07 Å². The molecule has 1 N–H and O–H groups in total. The highest BCUT2D eigenvalue weighted by molar-refractivity contribution is 7.93. The maximum atomic E-state index is 14.4. The van der Waals surface area contributed by atoms with E-state index >= 15 is 0 Å². The van der Waals surface area contributed by atoms with E-state index in [0.29, 0.717) is 0 Å². The van der Waals surface area contributed by atoms with Gasteiger partial charge in [0, 0.05) is 30.5 Å². The first-order valence-electron chi connectivity index (χ1n) is 11.5. The van der Waals surface area contributed by atoms with E-state index in [2.05, 4.69) is 5.32 Å². The molecular weight excluding hydrogens is 490 g/mol. The fraction of sp³-hybridized carbons (Fsp3) is 0.440. The molecule has 2 atom stereocenters. The van der Waals surface area contributed by atoms with E-state index in [1.807, 2.05) is 45.0 Å². The van der Waals surface area contributed by atoms with Gasteiger partial charge in [0.2, 0.25) is 26.6 Å². The van der Waals surface area contributed by atoms with Crippen LogP contribution in [-0.2, 0) is 25.8 Å². The van der Waals surface area contributed by atoms with Crippen molar-refractivity contribution in [2.24, 2.45) is 0 Å². The fourth-order valence-corrected chi connectivity index (χ4v) is 7.24. The van der Waals surface area contributed by atoms with Crippen LogP contribution in [0.5, 0.6) is 5.75 Å². The minimum absolute atomic E-state index is 0.0866. The van der Waals surface area contributed by atoms with Gasteiger partial charge < -0.3 is 9.64 Å². The summed E-state index contributed by atoms with van der Waals surface area (Å²) >= 11 is 6.19. The molecule has 10 heteroatoms. The second-order valence-corrected chi connectivity index (χ2v) is 11.8. The van der Waals surface area contributed by atoms with E-state index in [1.165, 1.54) is 29.0 Å². The maximum Gasteiger partial charge on any atom is 0.246 e. The highest BCUT2D eigenvalue weighted by Crippen LogP contribution is 2.41. The number of rotatable bonds is 6. The number of piperazine rings is 1. The normalized spacial score (nSPS) is 23.0. The summed E-state index contributed by atoms with van der Waals surface area (Å²) in [5.74, 6) is -0.546. The number of nitrogens with one attached hydrogen (secondary N) is 1. The molecule has 0 bridgehead atoms. The molecule has 2 unspecified atom stereocenters. The standard InChI is InChI=1S/C25H30ClN3O5S/c1-16(2)28-15-25(35(32,33)22-14-19(26)9-10-21(22)34-4)27-12-11-23(30)29(25)20(24(28)31)13-18-7-5-17(3)6-8-18/h5-10,14,16,20,27H,11-13,15H2,1-4H3. The average Bonchev–Trinajstić information content (AvgIpc) is 2.81. The first-order chi connectivity index (χ1) is 16.5. The number of sulfone groups is 1. The van der Waals surface area contributed by atoms with Crippen LogP contribution in [-0.4, -0.2) is 67.3 Å². The molecule has 8 nitrogen and oxygen atoms in total. The van der Waals surface area contributed by atoms with Crippen molar-refractivity contribution in [3.05, 3.63) is 58.6 Å². The number of amides is 2. The lowest BCUT2D eigenvalue weighted by Crippen LogP contribution is -2.80. The number of ether oxygens (including phenoxy) is 1. The third-order valence-electron chi connectivity index (χ3n) is 6.70. The lowest BCUT2D eigenvalue weighted by atomic mass is 9.96. The Morgan fingerprint density at radius 2 is 1.86 bits per heavy atom. The fourth-order valence-electron chi connectivity index (χ4n) is 4.86. The van der Waals surface area contributed by atoms with Gasteiger partial charge in [0.25, 0.3) is 0 Å². The van der Waals surface area contributed by atoms with Crippen molar-refractivity contribution in [2.45, 2.75) is 55.6 Å². The molecule has 35 heavy (non-hydrogen) atoms. The van der Waals surface area contributed by atoms with E-state index < -0.39 is 20.9 Å². The molecule has 2 aliphatic heterocycles. The van der Waals surface area contributed by atoms with Gasteiger partial charge in [-0.25, -0.2) is 8.42 Å². The summed E-state index contributed by atoms with van der Waals surface area (Å²) in [6.45, 7) is 5.58. The first-order valence-corrected chi connectivity index (χ1v) is 13.4. The van der Waals surface area contributed by atoms with Crippen molar-refractivity contribution >= 4 is 33.3 Å². The quantitative estimate of drug-likeness (QED) is 0.630. The molecule has 0 aromatic heterocycles. The lowest BCUT2D eigenvalue weighted by Gasteiger charge is -2.56. The number of hydrogen-bond acceptors (Lipinski definition) is 6. The van der Waals surface area contributed by atoms with Gasteiger partial charge in [-0.15, -0.1) is 0 Å². The topological polar surface area (TPSA) is 96.0 Å². The molecule has 2 amide bonds. The van der Waals surface area contributed by atoms with Crippen molar-refractivity contribution in [3.63, 3.8) is 0 Å². The minimum atomic E-state index is -4.31. The Kier molecular flexibility index (Phi) is 6.87. The van der Waals surface area contributed by atoms with E-state index in [9.17, 15) is 18.0 Å². The molecule has 0 spiro atoms. The highest BCUT2D eigenvalue weighted by atomic mass is 35.5. The zero-order chi connectivity index (χ0) is 25.5. The van der Waals surface area contributed by atoms with Crippen molar-refractivity contribution in [2.75, 3.05) is 20.2 Å². The SMILES string of the molecule is COc1ccc(Cl)cc1S(=O)(=O)C12CN(C(C)C)C(=O)C(Cc3ccc(C)cc3)N1C(=O)CCN2. The number of benzene rings is 2. The minimum Gasteiger partial charge on any atom is -0.495 e.